The van der Waals surface area contributed by atoms with E-state index in [0.717, 1.165) is 5.69 Å². The van der Waals surface area contributed by atoms with Gasteiger partial charge in [-0.2, -0.15) is 0 Å². The van der Waals surface area contributed by atoms with Gasteiger partial charge >= 0.3 is 0 Å². The summed E-state index contributed by atoms with van der Waals surface area (Å²) < 4.78 is 0. The predicted molar refractivity (Wildman–Crippen MR) is 51.2 cm³/mol. The maximum absolute atomic E-state index is 9.22. The zero-order chi connectivity index (χ0) is 8.97. The molecule has 1 aromatic carbocycles. The second kappa shape index (κ2) is 4.12. The number of para-hydroxylation sites is 1. The Hall–Kier alpha value is -1.02. The van der Waals surface area contributed by atoms with Gasteiger partial charge in [-0.25, -0.2) is 0 Å². The minimum Gasteiger partial charge on any atom is -0.391 e. The molecule has 0 aliphatic carbocycles. The van der Waals surface area contributed by atoms with Crippen LogP contribution in [0.2, 0.25) is 0 Å². The first kappa shape index (κ1) is 9.07. The summed E-state index contributed by atoms with van der Waals surface area (Å²) in [7, 11) is 0. The van der Waals surface area contributed by atoms with Gasteiger partial charge in [-0.05, 0) is 26.0 Å². The molecule has 0 saturated heterocycles. The number of nitrogens with one attached hydrogen (secondary N) is 1. The highest BCUT2D eigenvalue weighted by molar-refractivity contribution is 5.43. The Morgan fingerprint density at radius 1 is 1.17 bits per heavy atom. The van der Waals surface area contributed by atoms with Crippen LogP contribution in [-0.4, -0.2) is 17.3 Å². The van der Waals surface area contributed by atoms with Crippen molar-refractivity contribution >= 4 is 5.69 Å². The second-order valence-electron chi connectivity index (χ2n) is 3.04. The van der Waals surface area contributed by atoms with Gasteiger partial charge in [-0.15, -0.1) is 0 Å². The third kappa shape index (κ3) is 2.55. The van der Waals surface area contributed by atoms with Crippen LogP contribution in [-0.2, 0) is 0 Å². The van der Waals surface area contributed by atoms with Gasteiger partial charge in [0.05, 0.1) is 6.10 Å². The Bertz CT molecular complexity index is 221. The molecule has 0 amide bonds. The molecule has 0 saturated carbocycles. The molecule has 0 radical (unpaired) electrons. The third-order valence-corrected chi connectivity index (χ3v) is 1.89. The fourth-order valence-electron chi connectivity index (χ4n) is 0.918. The van der Waals surface area contributed by atoms with E-state index in [4.69, 9.17) is 0 Å². The minimum absolute atomic E-state index is 0.0902. The monoisotopic (exact) mass is 165 g/mol. The Kier molecular flexibility index (Phi) is 3.11. The number of aliphatic hydroxyl groups excluding tert-OH is 1. The smallest absolute Gasteiger partial charge is 0.0710 e. The molecule has 2 nitrogen and oxygen atoms in total. The normalized spacial score (nSPS) is 15.2. The fourth-order valence-corrected chi connectivity index (χ4v) is 0.918. The molecule has 0 spiro atoms. The van der Waals surface area contributed by atoms with Crippen LogP contribution in [0.15, 0.2) is 30.3 Å². The van der Waals surface area contributed by atoms with Crippen LogP contribution >= 0.6 is 0 Å². The highest BCUT2D eigenvalue weighted by Crippen LogP contribution is 2.08. The molecular weight excluding hydrogens is 150 g/mol. The van der Waals surface area contributed by atoms with Crippen molar-refractivity contribution in [3.63, 3.8) is 0 Å². The van der Waals surface area contributed by atoms with Gasteiger partial charge in [-0.3, -0.25) is 0 Å². The molecule has 2 unspecified atom stereocenters. The van der Waals surface area contributed by atoms with Crippen molar-refractivity contribution in [3.05, 3.63) is 30.3 Å². The molecule has 2 heteroatoms. The first-order valence-electron chi connectivity index (χ1n) is 4.20. The molecule has 1 rings (SSSR count). The Balaban J connectivity index is 2.53. The van der Waals surface area contributed by atoms with E-state index in [-0.39, 0.29) is 12.1 Å². The number of hydrogen-bond donors (Lipinski definition) is 2. The first-order chi connectivity index (χ1) is 5.70. The zero-order valence-electron chi connectivity index (χ0n) is 7.49. The van der Waals surface area contributed by atoms with Gasteiger partial charge in [0.2, 0.25) is 0 Å². The van der Waals surface area contributed by atoms with Crippen molar-refractivity contribution in [2.24, 2.45) is 0 Å². The molecule has 0 heterocycles. The maximum atomic E-state index is 9.22. The van der Waals surface area contributed by atoms with Crippen LogP contribution in [0.5, 0.6) is 0 Å². The van der Waals surface area contributed by atoms with Gasteiger partial charge < -0.3 is 10.4 Å². The van der Waals surface area contributed by atoms with Crippen molar-refractivity contribution in [1.29, 1.82) is 0 Å². The van der Waals surface area contributed by atoms with Crippen molar-refractivity contribution in [2.45, 2.75) is 26.0 Å². The lowest BCUT2D eigenvalue weighted by Gasteiger charge is -2.17. The molecular formula is C10H15NO. The average molecular weight is 165 g/mol. The van der Waals surface area contributed by atoms with Gasteiger partial charge in [0.25, 0.3) is 0 Å². The largest absolute Gasteiger partial charge is 0.391 e. The van der Waals surface area contributed by atoms with E-state index in [9.17, 15) is 5.11 Å². The lowest BCUT2D eigenvalue weighted by molar-refractivity contribution is 0.178. The first-order valence-corrected chi connectivity index (χ1v) is 4.20. The van der Waals surface area contributed by atoms with E-state index in [1.165, 1.54) is 0 Å². The van der Waals surface area contributed by atoms with E-state index >= 15 is 0 Å². The molecule has 66 valence electrons. The number of anilines is 1. The Morgan fingerprint density at radius 2 is 1.75 bits per heavy atom. The minimum atomic E-state index is -0.329. The standard InChI is InChI=1S/C10H15NO/c1-8(9(2)12)11-10-6-4-3-5-7-10/h3-9,11-12H,1-2H3. The van der Waals surface area contributed by atoms with Crippen molar-refractivity contribution in [3.8, 4) is 0 Å². The van der Waals surface area contributed by atoms with Crippen LogP contribution < -0.4 is 5.32 Å². The highest BCUT2D eigenvalue weighted by Gasteiger charge is 2.06. The van der Waals surface area contributed by atoms with Crippen LogP contribution in [0, 0.1) is 0 Å². The van der Waals surface area contributed by atoms with Crippen LogP contribution in [0.4, 0.5) is 5.69 Å². The number of hydrogen-bond acceptors (Lipinski definition) is 2. The number of benzene rings is 1. The summed E-state index contributed by atoms with van der Waals surface area (Å²) in [6.45, 7) is 3.73. The predicted octanol–water partition coefficient (Wildman–Crippen LogP) is 1.87. The van der Waals surface area contributed by atoms with E-state index in [0.29, 0.717) is 0 Å². The van der Waals surface area contributed by atoms with Crippen molar-refractivity contribution in [2.75, 3.05) is 5.32 Å². The van der Waals surface area contributed by atoms with Crippen LogP contribution in [0.3, 0.4) is 0 Å². The summed E-state index contributed by atoms with van der Waals surface area (Å²) in [6.07, 6.45) is -0.329. The second-order valence-corrected chi connectivity index (χ2v) is 3.04. The molecule has 0 aromatic heterocycles. The third-order valence-electron chi connectivity index (χ3n) is 1.89. The highest BCUT2D eigenvalue weighted by atomic mass is 16.3. The molecule has 0 aliphatic rings. The Labute approximate surface area is 73.2 Å². The van der Waals surface area contributed by atoms with E-state index < -0.39 is 0 Å². The zero-order valence-corrected chi connectivity index (χ0v) is 7.49. The topological polar surface area (TPSA) is 32.3 Å². The van der Waals surface area contributed by atoms with Crippen molar-refractivity contribution < 1.29 is 5.11 Å². The van der Waals surface area contributed by atoms with Crippen LogP contribution in [0.25, 0.3) is 0 Å². The van der Waals surface area contributed by atoms with Gasteiger partial charge in [0.1, 0.15) is 0 Å². The van der Waals surface area contributed by atoms with Crippen LogP contribution in [0.1, 0.15) is 13.8 Å². The van der Waals surface area contributed by atoms with E-state index in [1.807, 2.05) is 37.3 Å². The summed E-state index contributed by atoms with van der Waals surface area (Å²) in [4.78, 5) is 0. The quantitative estimate of drug-likeness (QED) is 0.716. The Morgan fingerprint density at radius 3 is 2.25 bits per heavy atom. The number of rotatable bonds is 3. The molecule has 1 aromatic rings. The van der Waals surface area contributed by atoms with E-state index in [1.54, 1.807) is 6.92 Å². The summed E-state index contributed by atoms with van der Waals surface area (Å²) in [5.41, 5.74) is 1.05. The number of aliphatic hydroxyl groups is 1. The lowest BCUT2D eigenvalue weighted by Crippen LogP contribution is -2.27. The lowest BCUT2D eigenvalue weighted by atomic mass is 10.2. The average Bonchev–Trinajstić information content (AvgIpc) is 2.06. The summed E-state index contributed by atoms with van der Waals surface area (Å²) >= 11 is 0. The molecule has 0 fully saturated rings. The summed E-state index contributed by atoms with van der Waals surface area (Å²) in [6, 6.07) is 9.97. The molecule has 0 aliphatic heterocycles. The molecule has 2 atom stereocenters. The van der Waals surface area contributed by atoms with Gasteiger partial charge in [0.15, 0.2) is 0 Å². The molecule has 0 bridgehead atoms. The molecule has 12 heavy (non-hydrogen) atoms. The maximum Gasteiger partial charge on any atom is 0.0710 e. The SMILES string of the molecule is CC(O)C(C)Nc1ccccc1. The van der Waals surface area contributed by atoms with Gasteiger partial charge in [-0.1, -0.05) is 18.2 Å². The fraction of sp³-hybridized carbons (Fsp3) is 0.400. The summed E-state index contributed by atoms with van der Waals surface area (Å²) in [5, 5.41) is 12.4. The summed E-state index contributed by atoms with van der Waals surface area (Å²) in [5.74, 6) is 0. The molecule has 2 N–H and O–H groups in total. The van der Waals surface area contributed by atoms with E-state index in [2.05, 4.69) is 5.32 Å². The van der Waals surface area contributed by atoms with Gasteiger partial charge in [0, 0.05) is 11.7 Å². The van der Waals surface area contributed by atoms with Crippen molar-refractivity contribution in [1.82, 2.24) is 0 Å².